The van der Waals surface area contributed by atoms with Gasteiger partial charge in [0.05, 0.1) is 18.2 Å². The van der Waals surface area contributed by atoms with E-state index in [1.807, 2.05) is 22.5 Å². The van der Waals surface area contributed by atoms with E-state index >= 15 is 0 Å². The lowest BCUT2D eigenvalue weighted by molar-refractivity contribution is 0.0885. The Morgan fingerprint density at radius 2 is 2.11 bits per heavy atom. The molecule has 27 heavy (non-hydrogen) atoms. The van der Waals surface area contributed by atoms with E-state index < -0.39 is 11.7 Å². The monoisotopic (exact) mass is 437 g/mol. The van der Waals surface area contributed by atoms with E-state index in [2.05, 4.69) is 41.7 Å². The van der Waals surface area contributed by atoms with E-state index in [0.29, 0.717) is 16.5 Å². The van der Waals surface area contributed by atoms with Crippen molar-refractivity contribution in [3.63, 3.8) is 0 Å². The normalized spacial score (nSPS) is 18.3. The highest BCUT2D eigenvalue weighted by molar-refractivity contribution is 9.10. The van der Waals surface area contributed by atoms with Crippen molar-refractivity contribution in [3.05, 3.63) is 51.3 Å². The Morgan fingerprint density at radius 3 is 2.74 bits per heavy atom. The summed E-state index contributed by atoms with van der Waals surface area (Å²) >= 11 is 3.28. The van der Waals surface area contributed by atoms with Gasteiger partial charge in [0.1, 0.15) is 5.82 Å². The molecule has 7 heteroatoms. The quantitative estimate of drug-likeness (QED) is 0.729. The van der Waals surface area contributed by atoms with Crippen LogP contribution in [0.15, 0.2) is 33.7 Å². The van der Waals surface area contributed by atoms with Gasteiger partial charge in [-0.25, -0.2) is 4.39 Å². The smallest absolute Gasteiger partial charge is 0.282 e. The fourth-order valence-corrected chi connectivity index (χ4v) is 3.75. The molecule has 146 valence electrons. The molecule has 0 N–H and O–H groups in total. The molecule has 0 bridgehead atoms. The molecule has 1 fully saturated rings. The minimum absolute atomic E-state index is 0.0470. The fraction of sp³-hybridized carbons (Fsp3) is 0.500. The molecule has 2 aromatic rings. The van der Waals surface area contributed by atoms with Crippen molar-refractivity contribution >= 4 is 21.8 Å². The number of carbonyl (C=O) groups is 1. The van der Waals surface area contributed by atoms with E-state index in [1.54, 1.807) is 6.07 Å². The predicted octanol–water partition coefficient (Wildman–Crippen LogP) is 3.95. The van der Waals surface area contributed by atoms with Crippen LogP contribution in [0.3, 0.4) is 0 Å². The molecule has 1 aliphatic heterocycles. The van der Waals surface area contributed by atoms with Crippen LogP contribution in [0.1, 0.15) is 49.7 Å². The Kier molecular flexibility index (Phi) is 5.72. The molecule has 0 spiro atoms. The van der Waals surface area contributed by atoms with Gasteiger partial charge in [-0.2, -0.15) is 4.99 Å². The summed E-state index contributed by atoms with van der Waals surface area (Å²) in [6.07, 6.45) is 2.12. The third kappa shape index (κ3) is 4.41. The molecule has 0 aliphatic carbocycles. The molecule has 1 aliphatic rings. The SMILES string of the molecule is Cn1c(C(C)(C)C)cc(=NC(=O)c2cc(Br)ccc2F)n1C[C@H]1CCCO1. The number of nitrogens with zero attached hydrogens (tertiary/aromatic N) is 3. The number of rotatable bonds is 3. The van der Waals surface area contributed by atoms with Crippen LogP contribution >= 0.6 is 15.9 Å². The third-order valence-corrected chi connectivity index (χ3v) is 5.28. The van der Waals surface area contributed by atoms with Gasteiger partial charge in [0.25, 0.3) is 5.91 Å². The molecule has 5 nitrogen and oxygen atoms in total. The Balaban J connectivity index is 2.08. The van der Waals surface area contributed by atoms with E-state index in [0.717, 1.165) is 25.1 Å². The van der Waals surface area contributed by atoms with E-state index in [-0.39, 0.29) is 17.1 Å². The molecule has 2 heterocycles. The zero-order chi connectivity index (χ0) is 19.8. The first-order valence-corrected chi connectivity index (χ1v) is 9.89. The van der Waals surface area contributed by atoms with Crippen molar-refractivity contribution in [2.75, 3.05) is 6.61 Å². The summed E-state index contributed by atoms with van der Waals surface area (Å²) in [5, 5.41) is 0. The lowest BCUT2D eigenvalue weighted by atomic mass is 9.92. The highest BCUT2D eigenvalue weighted by Crippen LogP contribution is 2.22. The minimum atomic E-state index is -0.596. The number of benzene rings is 1. The number of hydrogen-bond acceptors (Lipinski definition) is 2. The number of amides is 1. The molecule has 0 radical (unpaired) electrons. The second-order valence-corrected chi connectivity index (χ2v) is 8.84. The number of hydrogen-bond donors (Lipinski definition) is 0. The minimum Gasteiger partial charge on any atom is -0.376 e. The average Bonchev–Trinajstić information content (AvgIpc) is 3.20. The van der Waals surface area contributed by atoms with Crippen LogP contribution in [-0.4, -0.2) is 28.0 Å². The topological polar surface area (TPSA) is 48.5 Å². The second-order valence-electron chi connectivity index (χ2n) is 7.92. The van der Waals surface area contributed by atoms with Crippen molar-refractivity contribution in [1.29, 1.82) is 0 Å². The van der Waals surface area contributed by atoms with Crippen LogP contribution in [0.25, 0.3) is 0 Å². The van der Waals surface area contributed by atoms with Crippen molar-refractivity contribution in [1.82, 2.24) is 9.36 Å². The van der Waals surface area contributed by atoms with Gasteiger partial charge in [-0.3, -0.25) is 14.2 Å². The summed E-state index contributed by atoms with van der Waals surface area (Å²) in [6, 6.07) is 6.19. The summed E-state index contributed by atoms with van der Waals surface area (Å²) < 4.78 is 24.5. The molecule has 0 saturated carbocycles. The predicted molar refractivity (Wildman–Crippen MR) is 105 cm³/mol. The summed E-state index contributed by atoms with van der Waals surface area (Å²) in [4.78, 5) is 16.9. The van der Waals surface area contributed by atoms with E-state index in [4.69, 9.17) is 4.74 Å². The Labute approximate surface area is 167 Å². The summed E-state index contributed by atoms with van der Waals surface area (Å²) in [5.41, 5.74) is 1.39. The van der Waals surface area contributed by atoms with Crippen LogP contribution in [0.4, 0.5) is 4.39 Å². The van der Waals surface area contributed by atoms with E-state index in [9.17, 15) is 9.18 Å². The van der Waals surface area contributed by atoms with Gasteiger partial charge < -0.3 is 4.74 Å². The Morgan fingerprint density at radius 1 is 1.37 bits per heavy atom. The van der Waals surface area contributed by atoms with Gasteiger partial charge in [-0.1, -0.05) is 36.7 Å². The second kappa shape index (κ2) is 7.72. The fourth-order valence-electron chi connectivity index (χ4n) is 3.39. The summed E-state index contributed by atoms with van der Waals surface area (Å²) in [7, 11) is 1.96. The first-order chi connectivity index (χ1) is 12.7. The van der Waals surface area contributed by atoms with Gasteiger partial charge in [0.2, 0.25) is 0 Å². The molecular weight excluding hydrogens is 413 g/mol. The number of ether oxygens (including phenoxy) is 1. The number of halogens is 2. The lowest BCUT2D eigenvalue weighted by Crippen LogP contribution is -2.30. The number of carbonyl (C=O) groups excluding carboxylic acids is 1. The zero-order valence-corrected chi connectivity index (χ0v) is 17.7. The van der Waals surface area contributed by atoms with Crippen molar-refractivity contribution in [2.24, 2.45) is 12.0 Å². The van der Waals surface area contributed by atoms with Crippen LogP contribution in [-0.2, 0) is 23.7 Å². The highest BCUT2D eigenvalue weighted by atomic mass is 79.9. The first-order valence-electron chi connectivity index (χ1n) is 9.10. The zero-order valence-electron chi connectivity index (χ0n) is 16.1. The molecular formula is C20H25BrFN3O2. The van der Waals surface area contributed by atoms with Crippen molar-refractivity contribution in [3.8, 4) is 0 Å². The van der Waals surface area contributed by atoms with Crippen LogP contribution in [0.2, 0.25) is 0 Å². The Bertz CT molecular complexity index is 918. The first kappa shape index (κ1) is 20.0. The molecule has 1 aromatic heterocycles. The molecule has 1 saturated heterocycles. The van der Waals surface area contributed by atoms with Gasteiger partial charge >= 0.3 is 0 Å². The maximum absolute atomic E-state index is 14.1. The maximum atomic E-state index is 14.1. The van der Waals surface area contributed by atoms with Crippen molar-refractivity contribution in [2.45, 2.75) is 51.7 Å². The van der Waals surface area contributed by atoms with Gasteiger partial charge in [0.15, 0.2) is 5.49 Å². The van der Waals surface area contributed by atoms with Crippen LogP contribution < -0.4 is 5.49 Å². The van der Waals surface area contributed by atoms with Gasteiger partial charge in [-0.05, 0) is 31.0 Å². The molecule has 1 atom stereocenters. The van der Waals surface area contributed by atoms with Crippen LogP contribution in [0.5, 0.6) is 0 Å². The highest BCUT2D eigenvalue weighted by Gasteiger charge is 2.24. The molecule has 1 amide bonds. The molecule has 3 rings (SSSR count). The lowest BCUT2D eigenvalue weighted by Gasteiger charge is -2.21. The Hall–Kier alpha value is -1.73. The third-order valence-electron chi connectivity index (χ3n) is 4.78. The number of aromatic nitrogens is 2. The molecule has 1 aromatic carbocycles. The van der Waals surface area contributed by atoms with Crippen molar-refractivity contribution < 1.29 is 13.9 Å². The average molecular weight is 438 g/mol. The standard InChI is InChI=1S/C20H25BrFN3O2/c1-20(2,3)17-11-18(25(24(17)4)12-14-6-5-9-27-14)23-19(26)15-10-13(21)7-8-16(15)22/h7-8,10-11,14H,5-6,9,12H2,1-4H3/t14-/m1/s1. The van der Waals surface area contributed by atoms with Gasteiger partial charge in [-0.15, -0.1) is 0 Å². The maximum Gasteiger partial charge on any atom is 0.282 e. The largest absolute Gasteiger partial charge is 0.376 e. The van der Waals surface area contributed by atoms with E-state index in [1.165, 1.54) is 12.1 Å². The summed E-state index contributed by atoms with van der Waals surface area (Å²) in [6.45, 7) is 7.70. The van der Waals surface area contributed by atoms with Crippen LogP contribution in [0, 0.1) is 5.82 Å². The van der Waals surface area contributed by atoms with Gasteiger partial charge in [0, 0.05) is 35.3 Å². The summed E-state index contributed by atoms with van der Waals surface area (Å²) in [5.74, 6) is -1.18. The molecule has 0 unspecified atom stereocenters.